The Morgan fingerprint density at radius 1 is 1.56 bits per heavy atom. The molecule has 0 atom stereocenters. The molecule has 1 aromatic heterocycles. The van der Waals surface area contributed by atoms with Crippen LogP contribution in [0.25, 0.3) is 0 Å². The average Bonchev–Trinajstić information content (AvgIpc) is 2.94. The Labute approximate surface area is 100.0 Å². The zero-order valence-electron chi connectivity index (χ0n) is 9.79. The molecule has 0 unspecified atom stereocenters. The van der Waals surface area contributed by atoms with E-state index in [2.05, 4.69) is 15.3 Å². The minimum Gasteiger partial charge on any atom is -0.370 e. The van der Waals surface area contributed by atoms with Gasteiger partial charge in [-0.15, -0.1) is 11.3 Å². The van der Waals surface area contributed by atoms with Gasteiger partial charge in [-0.25, -0.2) is 4.98 Å². The van der Waals surface area contributed by atoms with Gasteiger partial charge < -0.3 is 11.1 Å². The topological polar surface area (TPSA) is 63.3 Å². The molecule has 3 N–H and O–H groups in total. The van der Waals surface area contributed by atoms with Crippen molar-refractivity contribution >= 4 is 17.3 Å². The molecule has 0 spiro atoms. The summed E-state index contributed by atoms with van der Waals surface area (Å²) < 4.78 is 0. The highest BCUT2D eigenvalue weighted by Gasteiger charge is 2.21. The lowest BCUT2D eigenvalue weighted by molar-refractivity contribution is 0.871. The Kier molecular flexibility index (Phi) is 3.43. The Morgan fingerprint density at radius 2 is 2.31 bits per heavy atom. The van der Waals surface area contributed by atoms with Gasteiger partial charge in [0, 0.05) is 23.9 Å². The van der Waals surface area contributed by atoms with Crippen molar-refractivity contribution in [3.05, 3.63) is 15.6 Å². The highest BCUT2D eigenvalue weighted by atomic mass is 32.1. The summed E-state index contributed by atoms with van der Waals surface area (Å²) in [5.41, 5.74) is 6.88. The fourth-order valence-corrected chi connectivity index (χ4v) is 2.49. The van der Waals surface area contributed by atoms with E-state index in [1.165, 1.54) is 17.7 Å². The van der Waals surface area contributed by atoms with Crippen molar-refractivity contribution in [3.63, 3.8) is 0 Å². The summed E-state index contributed by atoms with van der Waals surface area (Å²) in [5.74, 6) is 0.585. The van der Waals surface area contributed by atoms with Crippen molar-refractivity contribution in [2.24, 2.45) is 10.7 Å². The van der Waals surface area contributed by atoms with Gasteiger partial charge >= 0.3 is 0 Å². The van der Waals surface area contributed by atoms with Crippen LogP contribution in [0.5, 0.6) is 0 Å². The first-order valence-electron chi connectivity index (χ1n) is 5.64. The molecule has 0 saturated heterocycles. The summed E-state index contributed by atoms with van der Waals surface area (Å²) in [6.45, 7) is 4.83. The molecule has 1 saturated carbocycles. The number of aliphatic imine (C=N–C) groups is 1. The van der Waals surface area contributed by atoms with Gasteiger partial charge in [0.15, 0.2) is 5.96 Å². The maximum atomic E-state index is 5.75. The first-order valence-corrected chi connectivity index (χ1v) is 6.46. The molecule has 4 nitrogen and oxygen atoms in total. The van der Waals surface area contributed by atoms with E-state index < -0.39 is 0 Å². The van der Waals surface area contributed by atoms with Gasteiger partial charge in [0.25, 0.3) is 0 Å². The molecule has 0 aromatic carbocycles. The smallest absolute Gasteiger partial charge is 0.188 e. The third-order valence-corrected chi connectivity index (χ3v) is 3.68. The largest absolute Gasteiger partial charge is 0.370 e. The zero-order chi connectivity index (χ0) is 11.5. The number of nitrogens with two attached hydrogens (primary N) is 1. The number of rotatable bonds is 4. The first-order chi connectivity index (χ1) is 7.65. The van der Waals surface area contributed by atoms with Gasteiger partial charge in [-0.05, 0) is 26.7 Å². The molecule has 0 amide bonds. The third-order valence-electron chi connectivity index (χ3n) is 2.55. The summed E-state index contributed by atoms with van der Waals surface area (Å²) in [6.07, 6.45) is 3.39. The van der Waals surface area contributed by atoms with E-state index in [1.54, 1.807) is 11.3 Å². The van der Waals surface area contributed by atoms with Gasteiger partial charge in [0.05, 0.1) is 10.7 Å². The van der Waals surface area contributed by atoms with E-state index in [0.717, 1.165) is 23.7 Å². The van der Waals surface area contributed by atoms with Crippen molar-refractivity contribution in [1.29, 1.82) is 0 Å². The van der Waals surface area contributed by atoms with E-state index in [0.29, 0.717) is 12.0 Å². The molecular weight excluding hydrogens is 220 g/mol. The SMILES string of the molecule is Cc1nc(C)c(CCN=C(N)NC2CC2)s1. The van der Waals surface area contributed by atoms with Crippen molar-refractivity contribution in [2.75, 3.05) is 6.54 Å². The molecule has 1 aliphatic rings. The van der Waals surface area contributed by atoms with Gasteiger partial charge in [0.2, 0.25) is 0 Å². The molecule has 1 aromatic rings. The second-order valence-corrected chi connectivity index (χ2v) is 5.46. The number of guanidine groups is 1. The molecule has 0 bridgehead atoms. The van der Waals surface area contributed by atoms with Crippen LogP contribution in [-0.2, 0) is 6.42 Å². The molecule has 1 aliphatic carbocycles. The molecule has 0 radical (unpaired) electrons. The molecule has 1 heterocycles. The number of nitrogens with one attached hydrogen (secondary N) is 1. The van der Waals surface area contributed by atoms with E-state index in [4.69, 9.17) is 5.73 Å². The Balaban J connectivity index is 1.80. The van der Waals surface area contributed by atoms with Gasteiger partial charge in [-0.1, -0.05) is 0 Å². The maximum absolute atomic E-state index is 5.75. The van der Waals surface area contributed by atoms with Crippen LogP contribution in [0.15, 0.2) is 4.99 Å². The fourth-order valence-electron chi connectivity index (χ4n) is 1.57. The van der Waals surface area contributed by atoms with E-state index in [-0.39, 0.29) is 0 Å². The second kappa shape index (κ2) is 4.82. The summed E-state index contributed by atoms with van der Waals surface area (Å²) in [6, 6.07) is 0.580. The number of thiazole rings is 1. The lowest BCUT2D eigenvalue weighted by Gasteiger charge is -2.02. The molecular formula is C11H18N4S. The Bertz CT molecular complexity index is 393. The standard InChI is InChI=1S/C11H18N4S/c1-7-10(16-8(2)14-7)5-6-13-11(12)15-9-3-4-9/h9H,3-6H2,1-2H3,(H3,12,13,15). The van der Waals surface area contributed by atoms with E-state index in [1.807, 2.05) is 13.8 Å². The zero-order valence-corrected chi connectivity index (χ0v) is 10.6. The number of aromatic nitrogens is 1. The molecule has 1 fully saturated rings. The summed E-state index contributed by atoms with van der Waals surface area (Å²) in [4.78, 5) is 10.0. The van der Waals surface area contributed by atoms with Crippen LogP contribution in [0.1, 0.15) is 28.4 Å². The lowest BCUT2D eigenvalue weighted by atomic mass is 10.3. The van der Waals surface area contributed by atoms with Gasteiger partial charge in [-0.2, -0.15) is 0 Å². The van der Waals surface area contributed by atoms with Gasteiger partial charge in [0.1, 0.15) is 0 Å². The van der Waals surface area contributed by atoms with Crippen molar-refractivity contribution < 1.29 is 0 Å². The average molecular weight is 238 g/mol. The Hall–Kier alpha value is -1.10. The molecule has 88 valence electrons. The van der Waals surface area contributed by atoms with Crippen LogP contribution in [0.2, 0.25) is 0 Å². The Morgan fingerprint density at radius 3 is 2.88 bits per heavy atom. The highest BCUT2D eigenvalue weighted by Crippen LogP contribution is 2.18. The van der Waals surface area contributed by atoms with Gasteiger partial charge in [-0.3, -0.25) is 4.99 Å². The summed E-state index contributed by atoms with van der Waals surface area (Å²) >= 11 is 1.75. The van der Waals surface area contributed by atoms with Crippen LogP contribution in [0, 0.1) is 13.8 Å². The van der Waals surface area contributed by atoms with E-state index in [9.17, 15) is 0 Å². The van der Waals surface area contributed by atoms with E-state index >= 15 is 0 Å². The number of hydrogen-bond donors (Lipinski definition) is 2. The second-order valence-electron chi connectivity index (χ2n) is 4.18. The van der Waals surface area contributed by atoms with Crippen LogP contribution in [0.4, 0.5) is 0 Å². The molecule has 2 rings (SSSR count). The van der Waals surface area contributed by atoms with Crippen LogP contribution < -0.4 is 11.1 Å². The third kappa shape index (κ3) is 3.20. The monoisotopic (exact) mass is 238 g/mol. The summed E-state index contributed by atoms with van der Waals surface area (Å²) in [7, 11) is 0. The first kappa shape index (κ1) is 11.4. The minimum atomic E-state index is 0.580. The maximum Gasteiger partial charge on any atom is 0.188 e. The van der Waals surface area contributed by atoms with Crippen molar-refractivity contribution in [1.82, 2.24) is 10.3 Å². The molecule has 5 heteroatoms. The number of hydrogen-bond acceptors (Lipinski definition) is 3. The minimum absolute atomic E-state index is 0.580. The normalized spacial score (nSPS) is 16.5. The van der Waals surface area contributed by atoms with Crippen molar-refractivity contribution in [3.8, 4) is 0 Å². The number of nitrogens with zero attached hydrogens (tertiary/aromatic N) is 2. The molecule has 0 aliphatic heterocycles. The predicted molar refractivity (Wildman–Crippen MR) is 67.9 cm³/mol. The lowest BCUT2D eigenvalue weighted by Crippen LogP contribution is -2.33. The quantitative estimate of drug-likeness (QED) is 0.615. The van der Waals surface area contributed by atoms with Crippen LogP contribution in [-0.4, -0.2) is 23.5 Å². The fraction of sp³-hybridized carbons (Fsp3) is 0.636. The van der Waals surface area contributed by atoms with Crippen molar-refractivity contribution in [2.45, 2.75) is 39.2 Å². The number of aryl methyl sites for hydroxylation is 2. The molecule has 16 heavy (non-hydrogen) atoms. The van der Waals surface area contributed by atoms with Crippen LogP contribution >= 0.6 is 11.3 Å². The van der Waals surface area contributed by atoms with Crippen LogP contribution in [0.3, 0.4) is 0 Å². The predicted octanol–water partition coefficient (Wildman–Crippen LogP) is 1.37. The highest BCUT2D eigenvalue weighted by molar-refractivity contribution is 7.11. The summed E-state index contributed by atoms with van der Waals surface area (Å²) in [5, 5.41) is 4.30.